The molecule has 0 aliphatic carbocycles. The summed E-state index contributed by atoms with van der Waals surface area (Å²) in [5.41, 5.74) is 7.26. The molecule has 0 aliphatic rings. The summed E-state index contributed by atoms with van der Waals surface area (Å²) in [4.78, 5) is 7.12. The van der Waals surface area contributed by atoms with Crippen LogP contribution in [0.3, 0.4) is 0 Å². The van der Waals surface area contributed by atoms with E-state index in [9.17, 15) is 0 Å². The minimum atomic E-state index is 0.168. The molecule has 3 nitrogen and oxygen atoms in total. The van der Waals surface area contributed by atoms with E-state index >= 15 is 0 Å². The van der Waals surface area contributed by atoms with E-state index in [0.717, 1.165) is 17.9 Å². The first-order chi connectivity index (χ1) is 11.3. The second-order valence-corrected chi connectivity index (χ2v) is 7.90. The third-order valence-corrected chi connectivity index (χ3v) is 4.37. The molecule has 0 spiro atoms. The summed E-state index contributed by atoms with van der Waals surface area (Å²) in [6, 6.07) is 13.1. The highest BCUT2D eigenvalue weighted by molar-refractivity contribution is 5.67. The molecule has 0 aliphatic heterocycles. The maximum Gasteiger partial charge on any atom is 0.137 e. The Morgan fingerprint density at radius 3 is 2.29 bits per heavy atom. The maximum absolute atomic E-state index is 4.92. The monoisotopic (exact) mass is 321 g/mol. The number of hydrogen-bond donors (Lipinski definition) is 0. The zero-order valence-electron chi connectivity index (χ0n) is 15.6. The Bertz CT molecular complexity index is 849. The molecule has 126 valence electrons. The summed E-state index contributed by atoms with van der Waals surface area (Å²) in [6.45, 7) is 9.70. The van der Waals surface area contributed by atoms with Crippen molar-refractivity contribution in [2.24, 2.45) is 0 Å². The molecule has 3 aromatic rings. The van der Waals surface area contributed by atoms with Crippen molar-refractivity contribution in [3.63, 3.8) is 0 Å². The smallest absolute Gasteiger partial charge is 0.137 e. The summed E-state index contributed by atoms with van der Waals surface area (Å²) in [5.74, 6) is 0. The van der Waals surface area contributed by atoms with E-state index in [1.807, 2.05) is 0 Å². The largest absolute Gasteiger partial charge is 0.304 e. The highest BCUT2D eigenvalue weighted by atomic mass is 15.1. The lowest BCUT2D eigenvalue weighted by atomic mass is 9.86. The van der Waals surface area contributed by atoms with Gasteiger partial charge >= 0.3 is 0 Å². The molecule has 2 aromatic heterocycles. The van der Waals surface area contributed by atoms with Crippen LogP contribution >= 0.6 is 0 Å². The fourth-order valence-corrected chi connectivity index (χ4v) is 3.01. The number of nitrogens with zero attached hydrogens (tertiary/aromatic N) is 3. The number of pyridine rings is 1. The van der Waals surface area contributed by atoms with Crippen LogP contribution in [0.25, 0.3) is 16.9 Å². The van der Waals surface area contributed by atoms with Crippen LogP contribution in [0.4, 0.5) is 0 Å². The number of fused-ring (bicyclic) bond motifs is 1. The van der Waals surface area contributed by atoms with Gasteiger partial charge in [0.15, 0.2) is 0 Å². The number of aromatic nitrogens is 2. The van der Waals surface area contributed by atoms with Crippen molar-refractivity contribution in [3.8, 4) is 11.3 Å². The van der Waals surface area contributed by atoms with Gasteiger partial charge in [0.1, 0.15) is 5.65 Å². The van der Waals surface area contributed by atoms with E-state index in [-0.39, 0.29) is 5.41 Å². The van der Waals surface area contributed by atoms with Crippen LogP contribution in [-0.2, 0) is 12.0 Å². The molecular formula is C21H27N3. The predicted octanol–water partition coefficient (Wildman–Crippen LogP) is 4.67. The summed E-state index contributed by atoms with van der Waals surface area (Å²) in [7, 11) is 4.19. The molecule has 3 heteroatoms. The zero-order valence-corrected chi connectivity index (χ0v) is 15.6. The highest BCUT2D eigenvalue weighted by Crippen LogP contribution is 2.29. The van der Waals surface area contributed by atoms with Crippen LogP contribution in [0.15, 0.2) is 42.6 Å². The van der Waals surface area contributed by atoms with Crippen LogP contribution in [0, 0.1) is 6.92 Å². The van der Waals surface area contributed by atoms with Crippen molar-refractivity contribution in [2.45, 2.75) is 39.7 Å². The fourth-order valence-electron chi connectivity index (χ4n) is 3.01. The summed E-state index contributed by atoms with van der Waals surface area (Å²) >= 11 is 0. The number of imidazole rings is 1. The number of rotatable bonds is 3. The molecule has 0 radical (unpaired) electrons. The van der Waals surface area contributed by atoms with Crippen LogP contribution < -0.4 is 0 Å². The van der Waals surface area contributed by atoms with Gasteiger partial charge in [-0.05, 0) is 49.7 Å². The average Bonchev–Trinajstić information content (AvgIpc) is 2.83. The number of hydrogen-bond acceptors (Lipinski definition) is 2. The Morgan fingerprint density at radius 1 is 1.04 bits per heavy atom. The van der Waals surface area contributed by atoms with E-state index < -0.39 is 0 Å². The molecule has 0 N–H and O–H groups in total. The number of benzene rings is 1. The summed E-state index contributed by atoms with van der Waals surface area (Å²) in [5, 5.41) is 0. The Labute approximate surface area is 145 Å². The summed E-state index contributed by atoms with van der Waals surface area (Å²) in [6.07, 6.45) is 2.13. The number of aryl methyl sites for hydroxylation is 1. The van der Waals surface area contributed by atoms with Crippen LogP contribution in [-0.4, -0.2) is 28.4 Å². The van der Waals surface area contributed by atoms with E-state index in [1.165, 1.54) is 22.4 Å². The molecular weight excluding hydrogens is 294 g/mol. The second kappa shape index (κ2) is 6.06. The van der Waals surface area contributed by atoms with E-state index in [4.69, 9.17) is 4.98 Å². The van der Waals surface area contributed by atoms with Crippen LogP contribution in [0.1, 0.15) is 37.6 Å². The topological polar surface area (TPSA) is 20.5 Å². The normalized spacial score (nSPS) is 12.3. The predicted molar refractivity (Wildman–Crippen MR) is 101 cm³/mol. The molecule has 24 heavy (non-hydrogen) atoms. The van der Waals surface area contributed by atoms with Gasteiger partial charge in [-0.2, -0.15) is 0 Å². The van der Waals surface area contributed by atoms with Crippen molar-refractivity contribution in [2.75, 3.05) is 14.1 Å². The lowest BCUT2D eigenvalue weighted by Crippen LogP contribution is -2.13. The minimum absolute atomic E-state index is 0.168. The van der Waals surface area contributed by atoms with E-state index in [1.54, 1.807) is 0 Å². The molecule has 0 bridgehead atoms. The van der Waals surface area contributed by atoms with Gasteiger partial charge in [-0.15, -0.1) is 0 Å². The molecule has 0 saturated carbocycles. The lowest BCUT2D eigenvalue weighted by Gasteiger charge is -2.19. The van der Waals surface area contributed by atoms with Gasteiger partial charge in [-0.3, -0.25) is 0 Å². The molecule has 0 fully saturated rings. The average molecular weight is 321 g/mol. The molecule has 3 rings (SSSR count). The van der Waals surface area contributed by atoms with Crippen molar-refractivity contribution < 1.29 is 0 Å². The fraction of sp³-hybridized carbons (Fsp3) is 0.381. The second-order valence-electron chi connectivity index (χ2n) is 7.90. The minimum Gasteiger partial charge on any atom is -0.304 e. The maximum atomic E-state index is 4.92. The molecule has 0 unspecified atom stereocenters. The van der Waals surface area contributed by atoms with Crippen LogP contribution in [0.5, 0.6) is 0 Å². The third-order valence-electron chi connectivity index (χ3n) is 4.37. The third kappa shape index (κ3) is 3.22. The van der Waals surface area contributed by atoms with Gasteiger partial charge in [-0.1, -0.05) is 45.0 Å². The van der Waals surface area contributed by atoms with Gasteiger partial charge in [0.25, 0.3) is 0 Å². The Morgan fingerprint density at radius 2 is 1.71 bits per heavy atom. The van der Waals surface area contributed by atoms with Gasteiger partial charge in [0.2, 0.25) is 0 Å². The van der Waals surface area contributed by atoms with Gasteiger partial charge < -0.3 is 9.30 Å². The molecule has 1 aromatic carbocycles. The SMILES string of the molecule is Cc1ccn2c(CN(C)C)c(-c3ccc(C(C)(C)C)cc3)nc2c1. The zero-order chi connectivity index (χ0) is 17.5. The van der Waals surface area contributed by atoms with Crippen molar-refractivity contribution in [1.82, 2.24) is 14.3 Å². The highest BCUT2D eigenvalue weighted by Gasteiger charge is 2.17. The Balaban J connectivity index is 2.14. The van der Waals surface area contributed by atoms with E-state index in [0.29, 0.717) is 0 Å². The quantitative estimate of drug-likeness (QED) is 0.699. The van der Waals surface area contributed by atoms with Gasteiger partial charge in [0, 0.05) is 18.3 Å². The summed E-state index contributed by atoms with van der Waals surface area (Å²) < 4.78 is 2.21. The van der Waals surface area contributed by atoms with Crippen molar-refractivity contribution >= 4 is 5.65 Å². The standard InChI is InChI=1S/C21H27N3/c1-15-11-12-24-18(14-23(5)6)20(22-19(24)13-15)16-7-9-17(10-8-16)21(2,3)4/h7-13H,14H2,1-6H3. The van der Waals surface area contributed by atoms with Crippen molar-refractivity contribution in [1.29, 1.82) is 0 Å². The first-order valence-corrected chi connectivity index (χ1v) is 8.49. The molecule has 0 atom stereocenters. The molecule has 2 heterocycles. The molecule has 0 saturated heterocycles. The Hall–Kier alpha value is -2.13. The molecule has 0 amide bonds. The van der Waals surface area contributed by atoms with Crippen LogP contribution in [0.2, 0.25) is 0 Å². The van der Waals surface area contributed by atoms with E-state index in [2.05, 4.69) is 93.7 Å². The van der Waals surface area contributed by atoms with Gasteiger partial charge in [0.05, 0.1) is 11.4 Å². The van der Waals surface area contributed by atoms with Crippen molar-refractivity contribution in [3.05, 3.63) is 59.4 Å². The first-order valence-electron chi connectivity index (χ1n) is 8.49. The van der Waals surface area contributed by atoms with Gasteiger partial charge in [-0.25, -0.2) is 4.98 Å². The lowest BCUT2D eigenvalue weighted by molar-refractivity contribution is 0.396. The Kier molecular flexibility index (Phi) is 4.22. The first kappa shape index (κ1) is 16.7.